The van der Waals surface area contributed by atoms with Crippen LogP contribution in [0.4, 0.5) is 0 Å². The second kappa shape index (κ2) is 5.71. The van der Waals surface area contributed by atoms with Gasteiger partial charge in [0.25, 0.3) is 0 Å². The first kappa shape index (κ1) is 13.4. The van der Waals surface area contributed by atoms with Gasteiger partial charge in [-0.3, -0.25) is 4.79 Å². The Bertz CT molecular complexity index is 582. The quantitative estimate of drug-likeness (QED) is 0.856. The molecule has 0 unspecified atom stereocenters. The minimum Gasteiger partial charge on any atom is -0.370 e. The van der Waals surface area contributed by atoms with Gasteiger partial charge in [-0.2, -0.15) is 0 Å². The van der Waals surface area contributed by atoms with E-state index >= 15 is 0 Å². The summed E-state index contributed by atoms with van der Waals surface area (Å²) in [5.74, 6) is 1.08. The number of fused-ring (bicyclic) bond motifs is 1. The lowest BCUT2D eigenvalue weighted by Crippen LogP contribution is -2.15. The monoisotopic (exact) mass is 329 g/mol. The Hall–Kier alpha value is -1.07. The molecule has 1 amide bonds. The third-order valence-electron chi connectivity index (χ3n) is 2.69. The van der Waals surface area contributed by atoms with Crippen LogP contribution in [-0.2, 0) is 17.8 Å². The summed E-state index contributed by atoms with van der Waals surface area (Å²) in [7, 11) is 0. The van der Waals surface area contributed by atoms with Crippen LogP contribution in [0.5, 0.6) is 0 Å². The van der Waals surface area contributed by atoms with Crippen molar-refractivity contribution in [3.63, 3.8) is 0 Å². The van der Waals surface area contributed by atoms with Crippen molar-refractivity contribution in [3.05, 3.63) is 28.5 Å². The van der Waals surface area contributed by atoms with Crippen LogP contribution >= 0.6 is 27.5 Å². The van der Waals surface area contributed by atoms with E-state index in [1.54, 1.807) is 0 Å². The predicted octanol–water partition coefficient (Wildman–Crippen LogP) is 2.46. The first-order valence-electron chi connectivity index (χ1n) is 5.60. The normalized spacial score (nSPS) is 11.0. The van der Waals surface area contributed by atoms with Gasteiger partial charge in [0.15, 0.2) is 0 Å². The number of aromatic nitrogens is 2. The third kappa shape index (κ3) is 2.84. The van der Waals surface area contributed by atoms with Crippen molar-refractivity contribution in [1.82, 2.24) is 9.55 Å². The number of nitrogens with zero attached hydrogens (tertiary/aromatic N) is 2. The maximum absolute atomic E-state index is 10.9. The molecule has 0 atom stereocenters. The van der Waals surface area contributed by atoms with Crippen molar-refractivity contribution in [3.8, 4) is 0 Å². The number of hydrogen-bond donors (Lipinski definition) is 1. The van der Waals surface area contributed by atoms with Crippen molar-refractivity contribution in [2.75, 3.05) is 5.88 Å². The summed E-state index contributed by atoms with van der Waals surface area (Å²) in [6.45, 7) is 0.541. The highest BCUT2D eigenvalue weighted by molar-refractivity contribution is 9.10. The van der Waals surface area contributed by atoms with Crippen molar-refractivity contribution < 1.29 is 4.79 Å². The van der Waals surface area contributed by atoms with E-state index < -0.39 is 0 Å². The van der Waals surface area contributed by atoms with Crippen molar-refractivity contribution in [2.24, 2.45) is 5.73 Å². The summed E-state index contributed by atoms with van der Waals surface area (Å²) in [5, 5.41) is 0. The number of rotatable bonds is 5. The molecule has 0 aliphatic carbocycles. The fourth-order valence-electron chi connectivity index (χ4n) is 1.90. The van der Waals surface area contributed by atoms with Gasteiger partial charge in [0.05, 0.1) is 11.0 Å². The molecule has 2 N–H and O–H groups in total. The molecule has 0 aliphatic heterocycles. The molecule has 1 aromatic heterocycles. The third-order valence-corrected chi connectivity index (χ3v) is 3.37. The number of carbonyl (C=O) groups is 1. The number of aryl methyl sites for hydroxylation is 2. The van der Waals surface area contributed by atoms with E-state index in [2.05, 4.69) is 20.9 Å². The molecule has 0 bridgehead atoms. The van der Waals surface area contributed by atoms with E-state index in [9.17, 15) is 4.79 Å². The van der Waals surface area contributed by atoms with Gasteiger partial charge in [0.1, 0.15) is 5.82 Å². The average molecular weight is 331 g/mol. The molecule has 1 heterocycles. The van der Waals surface area contributed by atoms with Crippen molar-refractivity contribution >= 4 is 44.5 Å². The molecule has 1 aromatic carbocycles. The van der Waals surface area contributed by atoms with Crippen molar-refractivity contribution in [2.45, 2.75) is 19.4 Å². The minimum absolute atomic E-state index is 0.302. The number of primary amides is 1. The summed E-state index contributed by atoms with van der Waals surface area (Å²) in [5.41, 5.74) is 7.09. The van der Waals surface area contributed by atoms with Crippen LogP contribution in [-0.4, -0.2) is 21.3 Å². The Morgan fingerprint density at radius 1 is 1.50 bits per heavy atom. The lowest BCUT2D eigenvalue weighted by molar-refractivity contribution is -0.118. The van der Waals surface area contributed by atoms with Gasteiger partial charge in [0, 0.05) is 29.7 Å². The first-order chi connectivity index (χ1) is 8.61. The zero-order valence-corrected chi connectivity index (χ0v) is 12.0. The Balaban J connectivity index is 2.44. The average Bonchev–Trinajstić information content (AvgIpc) is 2.63. The molecule has 2 rings (SSSR count). The van der Waals surface area contributed by atoms with E-state index in [1.807, 2.05) is 22.8 Å². The van der Waals surface area contributed by atoms with Crippen LogP contribution < -0.4 is 5.73 Å². The zero-order chi connectivity index (χ0) is 13.1. The largest absolute Gasteiger partial charge is 0.370 e. The van der Waals surface area contributed by atoms with Crippen LogP contribution in [0.25, 0.3) is 11.0 Å². The van der Waals surface area contributed by atoms with Crippen LogP contribution in [0.2, 0.25) is 0 Å². The molecule has 0 fully saturated rings. The van der Waals surface area contributed by atoms with Gasteiger partial charge in [-0.1, -0.05) is 15.9 Å². The Kier molecular flexibility index (Phi) is 4.24. The Morgan fingerprint density at radius 2 is 2.28 bits per heavy atom. The molecular formula is C12H13BrClN3O. The van der Waals surface area contributed by atoms with E-state index in [0.29, 0.717) is 25.3 Å². The lowest BCUT2D eigenvalue weighted by Gasteiger charge is -2.06. The van der Waals surface area contributed by atoms with E-state index in [-0.39, 0.29) is 5.91 Å². The summed E-state index contributed by atoms with van der Waals surface area (Å²) >= 11 is 9.19. The molecule has 0 spiro atoms. The Labute approximate surface area is 118 Å². The molecule has 0 saturated heterocycles. The molecule has 96 valence electrons. The number of halogens is 2. The molecule has 0 aliphatic rings. The molecule has 6 heteroatoms. The summed E-state index contributed by atoms with van der Waals surface area (Å²) in [4.78, 5) is 15.4. The van der Waals surface area contributed by atoms with Crippen LogP contribution in [0.1, 0.15) is 12.2 Å². The number of imidazole rings is 1. The molecule has 4 nitrogen and oxygen atoms in total. The maximum atomic E-state index is 10.9. The summed E-state index contributed by atoms with van der Waals surface area (Å²) < 4.78 is 2.99. The van der Waals surface area contributed by atoms with Gasteiger partial charge in [-0.05, 0) is 18.2 Å². The number of benzene rings is 1. The molecule has 0 radical (unpaired) electrons. The number of carbonyl (C=O) groups excluding carboxylic acids is 1. The SMILES string of the molecule is NC(=O)CCn1c(CCCl)nc2cc(Br)ccc21. The predicted molar refractivity (Wildman–Crippen MR) is 75.7 cm³/mol. The topological polar surface area (TPSA) is 60.9 Å². The highest BCUT2D eigenvalue weighted by atomic mass is 79.9. The molecular weight excluding hydrogens is 318 g/mol. The van der Waals surface area contributed by atoms with Crippen LogP contribution in [0, 0.1) is 0 Å². The second-order valence-electron chi connectivity index (χ2n) is 3.97. The van der Waals surface area contributed by atoms with Gasteiger partial charge in [-0.25, -0.2) is 4.98 Å². The number of amides is 1. The molecule has 2 aromatic rings. The van der Waals surface area contributed by atoms with Crippen molar-refractivity contribution in [1.29, 1.82) is 0 Å². The zero-order valence-electron chi connectivity index (χ0n) is 9.70. The molecule has 0 saturated carbocycles. The van der Waals surface area contributed by atoms with E-state index in [0.717, 1.165) is 21.3 Å². The van der Waals surface area contributed by atoms with Gasteiger partial charge in [0.2, 0.25) is 5.91 Å². The van der Waals surface area contributed by atoms with Crippen LogP contribution in [0.15, 0.2) is 22.7 Å². The number of nitrogens with two attached hydrogens (primary N) is 1. The van der Waals surface area contributed by atoms with Gasteiger partial charge in [-0.15, -0.1) is 11.6 Å². The van der Waals surface area contributed by atoms with E-state index in [4.69, 9.17) is 17.3 Å². The Morgan fingerprint density at radius 3 is 2.94 bits per heavy atom. The minimum atomic E-state index is -0.314. The molecule has 18 heavy (non-hydrogen) atoms. The highest BCUT2D eigenvalue weighted by Crippen LogP contribution is 2.21. The smallest absolute Gasteiger partial charge is 0.219 e. The number of alkyl halides is 1. The van der Waals surface area contributed by atoms with Gasteiger partial charge >= 0.3 is 0 Å². The lowest BCUT2D eigenvalue weighted by atomic mass is 10.3. The maximum Gasteiger partial charge on any atom is 0.219 e. The van der Waals surface area contributed by atoms with E-state index in [1.165, 1.54) is 0 Å². The summed E-state index contributed by atoms with van der Waals surface area (Å²) in [6.07, 6.45) is 0.976. The fraction of sp³-hybridized carbons (Fsp3) is 0.333. The fourth-order valence-corrected chi connectivity index (χ4v) is 2.42. The number of hydrogen-bond acceptors (Lipinski definition) is 2. The van der Waals surface area contributed by atoms with Gasteiger partial charge < -0.3 is 10.3 Å². The van der Waals surface area contributed by atoms with Crippen LogP contribution in [0.3, 0.4) is 0 Å². The second-order valence-corrected chi connectivity index (χ2v) is 5.26. The highest BCUT2D eigenvalue weighted by Gasteiger charge is 2.11. The summed E-state index contributed by atoms with van der Waals surface area (Å²) in [6, 6.07) is 5.88. The standard InChI is InChI=1S/C12H13BrClN3O/c13-8-1-2-10-9(7-8)16-12(3-5-14)17(10)6-4-11(15)18/h1-2,7H,3-6H2,(H2,15,18). The first-order valence-corrected chi connectivity index (χ1v) is 6.93.